The van der Waals surface area contributed by atoms with Crippen molar-refractivity contribution in [1.82, 2.24) is 0 Å². The summed E-state index contributed by atoms with van der Waals surface area (Å²) in [6.45, 7) is 0. The molecule has 0 saturated carbocycles. The fourth-order valence-corrected chi connectivity index (χ4v) is 1.89. The Morgan fingerprint density at radius 2 is 2.20 bits per heavy atom. The van der Waals surface area contributed by atoms with Crippen molar-refractivity contribution in [3.8, 4) is 5.75 Å². The average molecular weight is 247 g/mol. The molecule has 0 unspecified atom stereocenters. The van der Waals surface area contributed by atoms with E-state index in [1.807, 2.05) is 0 Å². The molecular formula is C10H8Cl2O3. The van der Waals surface area contributed by atoms with E-state index in [-0.39, 0.29) is 5.38 Å². The number of esters is 1. The van der Waals surface area contributed by atoms with Crippen molar-refractivity contribution >= 4 is 29.2 Å². The summed E-state index contributed by atoms with van der Waals surface area (Å²) < 4.78 is 9.87. The van der Waals surface area contributed by atoms with Crippen molar-refractivity contribution in [2.24, 2.45) is 0 Å². The van der Waals surface area contributed by atoms with E-state index >= 15 is 0 Å². The van der Waals surface area contributed by atoms with Crippen LogP contribution in [0.1, 0.15) is 21.3 Å². The molecule has 0 saturated heterocycles. The number of fused-ring (bicyclic) bond motifs is 1. The van der Waals surface area contributed by atoms with Gasteiger partial charge in [-0.25, -0.2) is 4.79 Å². The lowest BCUT2D eigenvalue weighted by Gasteiger charge is -2.02. The normalized spacial score (nSPS) is 23.1. The van der Waals surface area contributed by atoms with E-state index in [0.29, 0.717) is 11.3 Å². The Kier molecular flexibility index (Phi) is 2.76. The topological polar surface area (TPSA) is 35.5 Å². The highest BCUT2D eigenvalue weighted by molar-refractivity contribution is 6.30. The van der Waals surface area contributed by atoms with E-state index in [9.17, 15) is 4.79 Å². The maximum absolute atomic E-state index is 11.2. The Morgan fingerprint density at radius 1 is 1.47 bits per heavy atom. The number of hydrogen-bond donors (Lipinski definition) is 0. The zero-order valence-corrected chi connectivity index (χ0v) is 9.38. The molecule has 1 aliphatic heterocycles. The average Bonchev–Trinajstić information content (AvgIpc) is 2.53. The number of ether oxygens (including phenoxy) is 2. The Balaban J connectivity index is 2.37. The molecule has 0 aromatic heterocycles. The lowest BCUT2D eigenvalue weighted by Crippen LogP contribution is -2.05. The van der Waals surface area contributed by atoms with Crippen molar-refractivity contribution in [1.29, 1.82) is 0 Å². The Bertz CT molecular complexity index is 406. The molecule has 3 nitrogen and oxygen atoms in total. The molecule has 1 aromatic carbocycles. The summed E-state index contributed by atoms with van der Waals surface area (Å²) in [4.78, 5) is 11.2. The third-order valence-electron chi connectivity index (χ3n) is 2.20. The van der Waals surface area contributed by atoms with E-state index in [4.69, 9.17) is 27.9 Å². The smallest absolute Gasteiger partial charge is 0.337 e. The summed E-state index contributed by atoms with van der Waals surface area (Å²) in [5.74, 6) is 0.128. The highest BCUT2D eigenvalue weighted by Gasteiger charge is 2.31. The van der Waals surface area contributed by atoms with Gasteiger partial charge in [0.25, 0.3) is 0 Å². The Hall–Kier alpha value is -0.930. The van der Waals surface area contributed by atoms with Crippen molar-refractivity contribution in [3.05, 3.63) is 29.3 Å². The first-order valence-electron chi connectivity index (χ1n) is 4.30. The van der Waals surface area contributed by atoms with Gasteiger partial charge in [0, 0.05) is 5.56 Å². The van der Waals surface area contributed by atoms with Gasteiger partial charge in [-0.1, -0.05) is 17.7 Å². The van der Waals surface area contributed by atoms with E-state index in [1.54, 1.807) is 18.2 Å². The van der Waals surface area contributed by atoms with Crippen LogP contribution in [0.15, 0.2) is 18.2 Å². The number of carbonyl (C=O) groups is 1. The zero-order chi connectivity index (χ0) is 11.0. The second-order valence-corrected chi connectivity index (χ2v) is 4.02. The molecule has 1 aliphatic rings. The molecule has 0 bridgehead atoms. The van der Waals surface area contributed by atoms with Gasteiger partial charge in [0.2, 0.25) is 0 Å². The second-order valence-electron chi connectivity index (χ2n) is 3.11. The van der Waals surface area contributed by atoms with Gasteiger partial charge < -0.3 is 9.47 Å². The molecule has 1 aromatic rings. The van der Waals surface area contributed by atoms with Crippen molar-refractivity contribution < 1.29 is 14.3 Å². The molecule has 0 fully saturated rings. The first kappa shape index (κ1) is 10.6. The summed E-state index contributed by atoms with van der Waals surface area (Å²) in [6, 6.07) is 4.94. The SMILES string of the molecule is COC(=O)c1ccc2c(c1)O[C@H](Cl)[C@H]2Cl. The number of alkyl halides is 2. The van der Waals surface area contributed by atoms with Gasteiger partial charge in [-0.3, -0.25) is 0 Å². The number of carbonyl (C=O) groups excluding carboxylic acids is 1. The summed E-state index contributed by atoms with van der Waals surface area (Å²) in [5, 5.41) is -0.381. The van der Waals surface area contributed by atoms with Crippen LogP contribution in [-0.2, 0) is 4.74 Å². The maximum atomic E-state index is 11.2. The molecule has 0 N–H and O–H groups in total. The van der Waals surface area contributed by atoms with Crippen LogP contribution in [0.5, 0.6) is 5.75 Å². The third kappa shape index (κ3) is 1.77. The van der Waals surface area contributed by atoms with Gasteiger partial charge in [-0.15, -0.1) is 11.6 Å². The standard InChI is InChI=1S/C10H8Cl2O3/c1-14-10(13)5-2-3-6-7(4-5)15-9(12)8(6)11/h2-4,8-9H,1H3/t8-,9-/m0/s1. The van der Waals surface area contributed by atoms with Crippen LogP contribution in [-0.4, -0.2) is 18.6 Å². The first-order valence-corrected chi connectivity index (χ1v) is 5.18. The van der Waals surface area contributed by atoms with Gasteiger partial charge in [-0.05, 0) is 12.1 Å². The second kappa shape index (κ2) is 3.91. The van der Waals surface area contributed by atoms with Crippen LogP contribution >= 0.6 is 23.2 Å². The Labute approximate surface area is 96.9 Å². The van der Waals surface area contributed by atoms with Crippen molar-refractivity contribution in [2.75, 3.05) is 7.11 Å². The van der Waals surface area contributed by atoms with E-state index in [1.165, 1.54) is 7.11 Å². The summed E-state index contributed by atoms with van der Waals surface area (Å²) in [6.07, 6.45) is 0. The monoisotopic (exact) mass is 246 g/mol. The fraction of sp³-hybridized carbons (Fsp3) is 0.300. The predicted molar refractivity (Wildman–Crippen MR) is 56.6 cm³/mol. The van der Waals surface area contributed by atoms with Crippen LogP contribution in [0.25, 0.3) is 0 Å². The molecule has 5 heteroatoms. The highest BCUT2D eigenvalue weighted by atomic mass is 35.5. The minimum absolute atomic E-state index is 0.381. The van der Waals surface area contributed by atoms with Crippen LogP contribution < -0.4 is 4.74 Å². The number of benzene rings is 1. The van der Waals surface area contributed by atoms with E-state index in [2.05, 4.69) is 4.74 Å². The van der Waals surface area contributed by atoms with Gasteiger partial charge in [0.1, 0.15) is 11.1 Å². The first-order chi connectivity index (χ1) is 7.13. The maximum Gasteiger partial charge on any atom is 0.337 e. The minimum Gasteiger partial charge on any atom is -0.472 e. The molecule has 0 radical (unpaired) electrons. The van der Waals surface area contributed by atoms with E-state index in [0.717, 1.165) is 5.56 Å². The van der Waals surface area contributed by atoms with Gasteiger partial charge in [-0.2, -0.15) is 0 Å². The van der Waals surface area contributed by atoms with Crippen LogP contribution in [0.4, 0.5) is 0 Å². The number of methoxy groups -OCH3 is 1. The molecule has 2 atom stereocenters. The molecular weight excluding hydrogens is 239 g/mol. The third-order valence-corrected chi connectivity index (χ3v) is 3.14. The quantitative estimate of drug-likeness (QED) is 0.565. The zero-order valence-electron chi connectivity index (χ0n) is 7.87. The van der Waals surface area contributed by atoms with Crippen LogP contribution in [0.3, 0.4) is 0 Å². The molecule has 15 heavy (non-hydrogen) atoms. The molecule has 80 valence electrons. The van der Waals surface area contributed by atoms with Gasteiger partial charge in [0.05, 0.1) is 12.7 Å². The highest BCUT2D eigenvalue weighted by Crippen LogP contribution is 2.42. The minimum atomic E-state index is -0.588. The number of rotatable bonds is 1. The molecule has 1 heterocycles. The summed E-state index contributed by atoms with van der Waals surface area (Å²) >= 11 is 11.8. The van der Waals surface area contributed by atoms with E-state index < -0.39 is 11.5 Å². The molecule has 2 rings (SSSR count). The van der Waals surface area contributed by atoms with Crippen molar-refractivity contribution in [3.63, 3.8) is 0 Å². The lowest BCUT2D eigenvalue weighted by molar-refractivity contribution is 0.0600. The van der Waals surface area contributed by atoms with Gasteiger partial charge in [0.15, 0.2) is 5.56 Å². The summed E-state index contributed by atoms with van der Waals surface area (Å²) in [5.41, 5.74) is 0.629. The Morgan fingerprint density at radius 3 is 2.87 bits per heavy atom. The van der Waals surface area contributed by atoms with Crippen LogP contribution in [0, 0.1) is 0 Å². The molecule has 0 spiro atoms. The molecule has 0 aliphatic carbocycles. The van der Waals surface area contributed by atoms with Crippen LogP contribution in [0.2, 0.25) is 0 Å². The predicted octanol–water partition coefficient (Wildman–Crippen LogP) is 2.71. The van der Waals surface area contributed by atoms with Crippen molar-refractivity contribution in [2.45, 2.75) is 10.9 Å². The number of halogens is 2. The fourth-order valence-electron chi connectivity index (χ4n) is 1.43. The lowest BCUT2D eigenvalue weighted by atomic mass is 10.1. The van der Waals surface area contributed by atoms with Gasteiger partial charge >= 0.3 is 5.97 Å². The molecule has 0 amide bonds. The largest absolute Gasteiger partial charge is 0.472 e. The summed E-state index contributed by atoms with van der Waals surface area (Å²) in [7, 11) is 1.32. The number of hydrogen-bond acceptors (Lipinski definition) is 3.